The summed E-state index contributed by atoms with van der Waals surface area (Å²) >= 11 is 0. The maximum absolute atomic E-state index is 8.61. The van der Waals surface area contributed by atoms with Gasteiger partial charge < -0.3 is 10.2 Å². The van der Waals surface area contributed by atoms with E-state index in [0.717, 1.165) is 26.2 Å². The minimum absolute atomic E-state index is 0.141. The summed E-state index contributed by atoms with van der Waals surface area (Å²) in [5, 5.41) is 11.7. The molecule has 0 rings (SSSR count). The first-order chi connectivity index (χ1) is 5.74. The van der Waals surface area contributed by atoms with E-state index in [0.29, 0.717) is 0 Å². The van der Waals surface area contributed by atoms with Gasteiger partial charge in [0.25, 0.3) is 0 Å². The topological polar surface area (TPSA) is 39.1 Å². The van der Waals surface area contributed by atoms with E-state index >= 15 is 0 Å². The first-order valence-electron chi connectivity index (χ1n) is 4.51. The Morgan fingerprint density at radius 3 is 2.67 bits per heavy atom. The maximum atomic E-state index is 8.61. The van der Waals surface area contributed by atoms with Crippen LogP contribution < -0.4 is 5.32 Å². The lowest BCUT2D eigenvalue weighted by Gasteiger charge is -2.20. The number of nitriles is 1. The predicted octanol–water partition coefficient (Wildman–Crippen LogP) is 0.687. The first kappa shape index (κ1) is 11.4. The Morgan fingerprint density at radius 1 is 1.58 bits per heavy atom. The summed E-state index contributed by atoms with van der Waals surface area (Å²) in [4.78, 5) is 2.28. The largest absolute Gasteiger partial charge is 0.318 e. The van der Waals surface area contributed by atoms with Crippen LogP contribution in [0, 0.1) is 17.2 Å². The van der Waals surface area contributed by atoms with Crippen molar-refractivity contribution >= 4 is 0 Å². The zero-order chi connectivity index (χ0) is 9.40. The van der Waals surface area contributed by atoms with E-state index < -0.39 is 0 Å². The molecule has 0 aromatic carbocycles. The van der Waals surface area contributed by atoms with Gasteiger partial charge in [-0.3, -0.25) is 0 Å². The molecule has 0 aromatic rings. The summed E-state index contributed by atoms with van der Waals surface area (Å²) in [5.41, 5.74) is 0. The molecule has 3 heteroatoms. The smallest absolute Gasteiger partial charge is 0.0666 e. The zero-order valence-corrected chi connectivity index (χ0v) is 8.30. The van der Waals surface area contributed by atoms with Crippen LogP contribution in [-0.2, 0) is 0 Å². The Morgan fingerprint density at radius 2 is 2.25 bits per heavy atom. The summed E-state index contributed by atoms with van der Waals surface area (Å²) in [6.45, 7) is 8.01. The van der Waals surface area contributed by atoms with Crippen LogP contribution in [0.3, 0.4) is 0 Å². The van der Waals surface area contributed by atoms with E-state index in [1.807, 2.05) is 14.0 Å². The second-order valence-corrected chi connectivity index (χ2v) is 3.03. The molecule has 0 spiro atoms. The maximum Gasteiger partial charge on any atom is 0.0666 e. The van der Waals surface area contributed by atoms with Crippen molar-refractivity contribution in [3.8, 4) is 6.07 Å². The van der Waals surface area contributed by atoms with Crippen LogP contribution in [0.2, 0.25) is 0 Å². The van der Waals surface area contributed by atoms with Crippen LogP contribution in [0.5, 0.6) is 0 Å². The highest BCUT2D eigenvalue weighted by Crippen LogP contribution is 1.96. The number of hydrogen-bond donors (Lipinski definition) is 1. The average molecular weight is 169 g/mol. The molecule has 0 aliphatic rings. The number of rotatable bonds is 6. The van der Waals surface area contributed by atoms with Gasteiger partial charge in [-0.1, -0.05) is 6.92 Å². The van der Waals surface area contributed by atoms with Crippen molar-refractivity contribution in [2.24, 2.45) is 5.92 Å². The SMILES string of the molecule is CCN(CCNC)CC(C)C#N. The molecule has 0 heterocycles. The molecule has 3 nitrogen and oxygen atoms in total. The highest BCUT2D eigenvalue weighted by Gasteiger charge is 2.06. The van der Waals surface area contributed by atoms with Crippen LogP contribution in [-0.4, -0.2) is 38.1 Å². The molecule has 0 bridgehead atoms. The van der Waals surface area contributed by atoms with E-state index in [4.69, 9.17) is 5.26 Å². The molecule has 0 radical (unpaired) electrons. The van der Waals surface area contributed by atoms with Gasteiger partial charge in [0.2, 0.25) is 0 Å². The normalized spacial score (nSPS) is 12.9. The highest BCUT2D eigenvalue weighted by molar-refractivity contribution is 4.81. The van der Waals surface area contributed by atoms with Gasteiger partial charge in [0.1, 0.15) is 0 Å². The van der Waals surface area contributed by atoms with Gasteiger partial charge >= 0.3 is 0 Å². The van der Waals surface area contributed by atoms with E-state index in [2.05, 4.69) is 23.2 Å². The molecule has 0 aliphatic heterocycles. The lowest BCUT2D eigenvalue weighted by atomic mass is 10.2. The molecular formula is C9H19N3. The molecule has 0 saturated heterocycles. The van der Waals surface area contributed by atoms with Gasteiger partial charge in [0.05, 0.1) is 12.0 Å². The zero-order valence-electron chi connectivity index (χ0n) is 8.30. The van der Waals surface area contributed by atoms with Crippen LogP contribution >= 0.6 is 0 Å². The van der Waals surface area contributed by atoms with Crippen molar-refractivity contribution in [2.45, 2.75) is 13.8 Å². The molecule has 1 unspecified atom stereocenters. The Labute approximate surface area is 75.4 Å². The lowest BCUT2D eigenvalue weighted by Crippen LogP contribution is -2.33. The van der Waals surface area contributed by atoms with Crippen molar-refractivity contribution in [3.63, 3.8) is 0 Å². The third-order valence-corrected chi connectivity index (χ3v) is 1.88. The number of hydrogen-bond acceptors (Lipinski definition) is 3. The van der Waals surface area contributed by atoms with E-state index in [1.54, 1.807) is 0 Å². The minimum Gasteiger partial charge on any atom is -0.318 e. The predicted molar refractivity (Wildman–Crippen MR) is 50.8 cm³/mol. The fraction of sp³-hybridized carbons (Fsp3) is 0.889. The molecule has 12 heavy (non-hydrogen) atoms. The summed E-state index contributed by atoms with van der Waals surface area (Å²) in [7, 11) is 1.95. The molecule has 70 valence electrons. The van der Waals surface area contributed by atoms with Gasteiger partial charge in [0, 0.05) is 19.6 Å². The molecule has 0 aromatic heterocycles. The lowest BCUT2D eigenvalue weighted by molar-refractivity contribution is 0.270. The van der Waals surface area contributed by atoms with Crippen molar-refractivity contribution in [1.82, 2.24) is 10.2 Å². The molecule has 0 aliphatic carbocycles. The van der Waals surface area contributed by atoms with Crippen LogP contribution in [0.25, 0.3) is 0 Å². The monoisotopic (exact) mass is 169 g/mol. The number of nitrogens with one attached hydrogen (secondary N) is 1. The van der Waals surface area contributed by atoms with Crippen molar-refractivity contribution in [3.05, 3.63) is 0 Å². The molecule has 0 saturated carbocycles. The third kappa shape index (κ3) is 5.11. The summed E-state index contributed by atoms with van der Waals surface area (Å²) < 4.78 is 0. The van der Waals surface area contributed by atoms with Crippen molar-refractivity contribution < 1.29 is 0 Å². The number of likely N-dealkylation sites (N-methyl/N-ethyl adjacent to an activating group) is 2. The number of nitrogens with zero attached hydrogens (tertiary/aromatic N) is 2. The highest BCUT2D eigenvalue weighted by atomic mass is 15.1. The Kier molecular flexibility index (Phi) is 6.73. The molecule has 1 atom stereocenters. The van der Waals surface area contributed by atoms with Gasteiger partial charge in [-0.15, -0.1) is 0 Å². The third-order valence-electron chi connectivity index (χ3n) is 1.88. The summed E-state index contributed by atoms with van der Waals surface area (Å²) in [5.74, 6) is 0.141. The molecule has 1 N–H and O–H groups in total. The summed E-state index contributed by atoms with van der Waals surface area (Å²) in [6.07, 6.45) is 0. The molecule has 0 amide bonds. The fourth-order valence-electron chi connectivity index (χ4n) is 1.08. The quantitative estimate of drug-likeness (QED) is 0.636. The average Bonchev–Trinajstić information content (AvgIpc) is 2.11. The van der Waals surface area contributed by atoms with Crippen LogP contribution in [0.4, 0.5) is 0 Å². The van der Waals surface area contributed by atoms with Gasteiger partial charge in [-0.2, -0.15) is 5.26 Å². The van der Waals surface area contributed by atoms with Crippen LogP contribution in [0.15, 0.2) is 0 Å². The Balaban J connectivity index is 3.60. The van der Waals surface area contributed by atoms with Gasteiger partial charge in [-0.05, 0) is 20.5 Å². The second kappa shape index (κ2) is 7.08. The minimum atomic E-state index is 0.141. The van der Waals surface area contributed by atoms with E-state index in [1.165, 1.54) is 0 Å². The van der Waals surface area contributed by atoms with E-state index in [-0.39, 0.29) is 5.92 Å². The van der Waals surface area contributed by atoms with Crippen molar-refractivity contribution in [2.75, 3.05) is 33.2 Å². The second-order valence-electron chi connectivity index (χ2n) is 3.03. The Bertz CT molecular complexity index is 139. The van der Waals surface area contributed by atoms with E-state index in [9.17, 15) is 0 Å². The molecular weight excluding hydrogens is 150 g/mol. The standard InChI is InChI=1S/C9H19N3/c1-4-12(6-5-11-3)8-9(2)7-10/h9,11H,4-6,8H2,1-3H3. The Hall–Kier alpha value is -0.590. The van der Waals surface area contributed by atoms with Gasteiger partial charge in [0.15, 0.2) is 0 Å². The molecule has 0 fully saturated rings. The van der Waals surface area contributed by atoms with Gasteiger partial charge in [-0.25, -0.2) is 0 Å². The summed E-state index contributed by atoms with van der Waals surface area (Å²) in [6, 6.07) is 2.24. The fourth-order valence-corrected chi connectivity index (χ4v) is 1.08. The van der Waals surface area contributed by atoms with Crippen LogP contribution in [0.1, 0.15) is 13.8 Å². The first-order valence-corrected chi connectivity index (χ1v) is 4.51. The van der Waals surface area contributed by atoms with Crippen molar-refractivity contribution in [1.29, 1.82) is 5.26 Å².